The average molecular weight is 783 g/mol. The van der Waals surface area contributed by atoms with Crippen LogP contribution in [0.15, 0.2) is 36.4 Å². The Hall–Kier alpha value is -3.74. The number of carbonyl (C=O) groups excluding carboxylic acids is 2. The number of methoxy groups -OCH3 is 4. The van der Waals surface area contributed by atoms with Crippen LogP contribution in [0.5, 0.6) is 23.0 Å². The second-order valence-corrected chi connectivity index (χ2v) is 19.2. The van der Waals surface area contributed by atoms with E-state index in [1.54, 1.807) is 28.4 Å². The van der Waals surface area contributed by atoms with Gasteiger partial charge in [-0.05, 0) is 120 Å². The number of hydrogen-bond acceptors (Lipinski definition) is 7. The molecule has 57 heavy (non-hydrogen) atoms. The van der Waals surface area contributed by atoms with Crippen molar-refractivity contribution >= 4 is 23.1 Å². The molecule has 4 atom stereocenters. The molecular formula is C50H70O7. The SMILES string of the molecule is CCCCCCC(C)(C)c1cc(OC)c(C2=CC3CCC2(C(=O)OC(=O)C24CCC(C=C2c2c(OC)cc(CCCCC)cc2OC)C4(C)C)C3(C)C)c(OC)c1. The zero-order valence-corrected chi connectivity index (χ0v) is 37.2. The van der Waals surface area contributed by atoms with Crippen molar-refractivity contribution in [3.05, 3.63) is 58.7 Å². The molecule has 2 fully saturated rings. The van der Waals surface area contributed by atoms with E-state index in [9.17, 15) is 0 Å². The van der Waals surface area contributed by atoms with E-state index in [1.807, 2.05) is 0 Å². The van der Waals surface area contributed by atoms with Gasteiger partial charge in [0, 0.05) is 0 Å². The van der Waals surface area contributed by atoms with E-state index in [0.717, 1.165) is 84.8 Å². The lowest BCUT2D eigenvalue weighted by atomic mass is 9.63. The van der Waals surface area contributed by atoms with Gasteiger partial charge in [-0.3, -0.25) is 9.59 Å². The topological polar surface area (TPSA) is 80.3 Å². The van der Waals surface area contributed by atoms with Crippen molar-refractivity contribution in [2.45, 2.75) is 144 Å². The number of aryl methyl sites for hydroxylation is 1. The van der Waals surface area contributed by atoms with E-state index >= 15 is 9.59 Å². The summed E-state index contributed by atoms with van der Waals surface area (Å²) in [6.45, 7) is 17.6. The molecule has 312 valence electrons. The van der Waals surface area contributed by atoms with Crippen LogP contribution < -0.4 is 18.9 Å². The Morgan fingerprint density at radius 1 is 0.632 bits per heavy atom. The molecule has 0 saturated heterocycles. The van der Waals surface area contributed by atoms with Crippen molar-refractivity contribution in [2.24, 2.45) is 33.5 Å². The lowest BCUT2D eigenvalue weighted by Gasteiger charge is -2.42. The fourth-order valence-electron chi connectivity index (χ4n) is 11.4. The molecule has 0 aromatic heterocycles. The largest absolute Gasteiger partial charge is 0.496 e. The number of esters is 2. The van der Waals surface area contributed by atoms with Gasteiger partial charge in [0.2, 0.25) is 0 Å². The van der Waals surface area contributed by atoms with Gasteiger partial charge in [-0.1, -0.05) is 106 Å². The fourth-order valence-corrected chi connectivity index (χ4v) is 11.4. The number of unbranched alkanes of at least 4 members (excludes halogenated alkanes) is 5. The van der Waals surface area contributed by atoms with E-state index in [-0.39, 0.29) is 17.3 Å². The Bertz CT molecular complexity index is 1860. The minimum atomic E-state index is -1.08. The predicted octanol–water partition coefficient (Wildman–Crippen LogP) is 12.1. The molecule has 7 heteroatoms. The van der Waals surface area contributed by atoms with Gasteiger partial charge in [0.25, 0.3) is 0 Å². The summed E-state index contributed by atoms with van der Waals surface area (Å²) < 4.78 is 30.9. The van der Waals surface area contributed by atoms with Crippen LogP contribution in [0.25, 0.3) is 11.1 Å². The Kier molecular flexibility index (Phi) is 12.1. The summed E-state index contributed by atoms with van der Waals surface area (Å²) in [6.07, 6.45) is 17.4. The predicted molar refractivity (Wildman–Crippen MR) is 229 cm³/mol. The zero-order chi connectivity index (χ0) is 41.6. The third-order valence-electron chi connectivity index (χ3n) is 15.4. The Labute approximate surface area is 343 Å². The van der Waals surface area contributed by atoms with Crippen LogP contribution in [-0.4, -0.2) is 40.4 Å². The highest BCUT2D eigenvalue weighted by molar-refractivity contribution is 6.07. The summed E-state index contributed by atoms with van der Waals surface area (Å²) in [5, 5.41) is 0. The summed E-state index contributed by atoms with van der Waals surface area (Å²) in [5.74, 6) is 1.99. The summed E-state index contributed by atoms with van der Waals surface area (Å²) >= 11 is 0. The van der Waals surface area contributed by atoms with Crippen molar-refractivity contribution < 1.29 is 33.3 Å². The first kappa shape index (κ1) is 42.9. The van der Waals surface area contributed by atoms with E-state index in [2.05, 4.69) is 91.8 Å². The molecule has 4 bridgehead atoms. The van der Waals surface area contributed by atoms with Crippen molar-refractivity contribution in [3.8, 4) is 23.0 Å². The number of hydrogen-bond donors (Lipinski definition) is 0. The molecule has 6 rings (SSSR count). The monoisotopic (exact) mass is 783 g/mol. The second kappa shape index (κ2) is 16.1. The molecule has 0 aliphatic heterocycles. The standard InChI is InChI=1S/C50H70O7/c1-13-15-17-19-23-46(3,4)35-30-40(55-11)43(41(31-35)56-12)37-29-34-22-25-50(37,48(34,7)8)45(52)57-44(51)49-24-21-33(47(49,5)6)28-36(49)42-38(53-9)26-32(20-18-16-14-2)27-39(42)54-10/h26-31,33-34H,13-25H2,1-12H3. The molecule has 0 spiro atoms. The van der Waals surface area contributed by atoms with E-state index in [1.165, 1.54) is 19.3 Å². The quantitative estimate of drug-likeness (QED) is 0.0846. The molecule has 4 unspecified atom stereocenters. The molecule has 7 nitrogen and oxygen atoms in total. The maximum atomic E-state index is 15.3. The highest BCUT2D eigenvalue weighted by Crippen LogP contribution is 2.72. The van der Waals surface area contributed by atoms with Crippen LogP contribution in [0.3, 0.4) is 0 Å². The van der Waals surface area contributed by atoms with Gasteiger partial charge in [-0.25, -0.2) is 0 Å². The molecule has 0 amide bonds. The molecule has 0 heterocycles. The van der Waals surface area contributed by atoms with Crippen molar-refractivity contribution in [1.29, 1.82) is 0 Å². The first-order valence-electron chi connectivity index (χ1n) is 21.8. The van der Waals surface area contributed by atoms with Gasteiger partial charge in [-0.2, -0.15) is 0 Å². The van der Waals surface area contributed by atoms with Crippen LogP contribution in [0.2, 0.25) is 0 Å². The van der Waals surface area contributed by atoms with Gasteiger partial charge in [0.05, 0.1) is 50.4 Å². The smallest absolute Gasteiger partial charge is 0.324 e. The molecular weight excluding hydrogens is 713 g/mol. The number of allylic oxidation sites excluding steroid dienone is 2. The van der Waals surface area contributed by atoms with Gasteiger partial charge < -0.3 is 23.7 Å². The second-order valence-electron chi connectivity index (χ2n) is 19.2. The third-order valence-corrected chi connectivity index (χ3v) is 15.4. The van der Waals surface area contributed by atoms with Crippen LogP contribution in [-0.2, 0) is 26.2 Å². The molecule has 0 N–H and O–H groups in total. The van der Waals surface area contributed by atoms with Gasteiger partial charge in [0.15, 0.2) is 0 Å². The average Bonchev–Trinajstić information content (AvgIpc) is 3.79. The number of carbonyl (C=O) groups is 2. The lowest BCUT2D eigenvalue weighted by Crippen LogP contribution is -2.47. The minimum absolute atomic E-state index is 0.101. The van der Waals surface area contributed by atoms with Crippen LogP contribution >= 0.6 is 0 Å². The van der Waals surface area contributed by atoms with Gasteiger partial charge in [-0.15, -0.1) is 0 Å². The van der Waals surface area contributed by atoms with Crippen molar-refractivity contribution in [3.63, 3.8) is 0 Å². The maximum Gasteiger partial charge on any atom is 0.324 e. The molecule has 2 aromatic carbocycles. The Morgan fingerprint density at radius 2 is 1.05 bits per heavy atom. The number of fused-ring (bicyclic) bond motifs is 4. The maximum absolute atomic E-state index is 15.3. The van der Waals surface area contributed by atoms with Gasteiger partial charge in [0.1, 0.15) is 23.0 Å². The van der Waals surface area contributed by atoms with Gasteiger partial charge >= 0.3 is 11.9 Å². The first-order valence-corrected chi connectivity index (χ1v) is 21.8. The first-order chi connectivity index (χ1) is 27.1. The van der Waals surface area contributed by atoms with Crippen LogP contribution in [0.4, 0.5) is 0 Å². The van der Waals surface area contributed by atoms with E-state index in [0.29, 0.717) is 35.8 Å². The van der Waals surface area contributed by atoms with E-state index in [4.69, 9.17) is 23.7 Å². The summed E-state index contributed by atoms with van der Waals surface area (Å²) in [7, 11) is 6.74. The van der Waals surface area contributed by atoms with Crippen molar-refractivity contribution in [1.82, 2.24) is 0 Å². The van der Waals surface area contributed by atoms with E-state index < -0.39 is 33.6 Å². The highest BCUT2D eigenvalue weighted by atomic mass is 16.6. The normalized spacial score (nSPS) is 25.3. The summed E-state index contributed by atoms with van der Waals surface area (Å²) in [6, 6.07) is 8.44. The lowest BCUT2D eigenvalue weighted by molar-refractivity contribution is -0.175. The number of ether oxygens (including phenoxy) is 5. The number of rotatable bonds is 18. The molecule has 2 saturated carbocycles. The highest BCUT2D eigenvalue weighted by Gasteiger charge is 2.70. The van der Waals surface area contributed by atoms with Crippen molar-refractivity contribution in [2.75, 3.05) is 28.4 Å². The third kappa shape index (κ3) is 6.71. The molecule has 4 aliphatic carbocycles. The molecule has 2 aromatic rings. The number of benzene rings is 2. The summed E-state index contributed by atoms with van der Waals surface area (Å²) in [4.78, 5) is 30.5. The van der Waals surface area contributed by atoms with Crippen LogP contribution in [0.1, 0.15) is 155 Å². The molecule has 0 radical (unpaired) electrons. The zero-order valence-electron chi connectivity index (χ0n) is 37.2. The Balaban J connectivity index is 1.39. The minimum Gasteiger partial charge on any atom is -0.496 e. The fraction of sp³-hybridized carbons (Fsp3) is 0.640. The Morgan fingerprint density at radius 3 is 1.46 bits per heavy atom. The summed E-state index contributed by atoms with van der Waals surface area (Å²) in [5.41, 5.74) is 2.27. The van der Waals surface area contributed by atoms with Crippen LogP contribution in [0, 0.1) is 33.5 Å². The molecule has 4 aliphatic rings.